The van der Waals surface area contributed by atoms with Gasteiger partial charge in [-0.05, 0) is 71.9 Å². The van der Waals surface area contributed by atoms with Crippen molar-refractivity contribution in [3.8, 4) is 0 Å². The lowest BCUT2D eigenvalue weighted by Crippen LogP contribution is -2.82. The second-order valence-electron chi connectivity index (χ2n) is 12.2. The number of aliphatic hydroxyl groups excluding tert-OH is 2. The molecule has 0 radical (unpaired) electrons. The molecule has 5 saturated heterocycles. The standard InChI is InChI=1S/C24H41NO9/c1-12-8-9-15-13(2)18(30-19-22(15)14(12)10-11-21(5,31-19)33-34-22)23(28)16(26)17(27)24(29,25(6)7)20(3,4)32-23/h12-19,26-29H,8-11H2,1-7H3/t12-,13-,14+,15+,16-,17+,18?,19-,21+,22?,23-,24+/m1/s1. The van der Waals surface area contributed by atoms with E-state index in [2.05, 4.69) is 6.92 Å². The van der Waals surface area contributed by atoms with Gasteiger partial charge in [0.25, 0.3) is 0 Å². The van der Waals surface area contributed by atoms with Crippen LogP contribution < -0.4 is 0 Å². The van der Waals surface area contributed by atoms with E-state index in [0.717, 1.165) is 19.3 Å². The summed E-state index contributed by atoms with van der Waals surface area (Å²) >= 11 is 0. The zero-order chi connectivity index (χ0) is 25.1. The van der Waals surface area contributed by atoms with Crippen molar-refractivity contribution in [2.24, 2.45) is 23.7 Å². The number of hydrogen-bond donors (Lipinski definition) is 4. The maximum atomic E-state index is 11.9. The smallest absolute Gasteiger partial charge is 0.223 e. The molecule has 12 atom stereocenters. The van der Waals surface area contributed by atoms with E-state index in [4.69, 9.17) is 24.0 Å². The van der Waals surface area contributed by atoms with Crippen LogP contribution in [0.3, 0.4) is 0 Å². The first kappa shape index (κ1) is 25.3. The van der Waals surface area contributed by atoms with Gasteiger partial charge in [0.15, 0.2) is 17.6 Å². The van der Waals surface area contributed by atoms with Gasteiger partial charge in [0.05, 0.1) is 0 Å². The van der Waals surface area contributed by atoms with Gasteiger partial charge in [0.2, 0.25) is 11.6 Å². The molecule has 196 valence electrons. The Morgan fingerprint density at radius 3 is 2.21 bits per heavy atom. The highest BCUT2D eigenvalue weighted by molar-refractivity contribution is 5.16. The molecule has 4 N–H and O–H groups in total. The molecule has 10 heteroatoms. The van der Waals surface area contributed by atoms with Crippen molar-refractivity contribution in [1.29, 1.82) is 0 Å². The Kier molecular flexibility index (Phi) is 5.62. The maximum Gasteiger partial charge on any atom is 0.223 e. The van der Waals surface area contributed by atoms with Gasteiger partial charge in [0.1, 0.15) is 23.9 Å². The third-order valence-corrected chi connectivity index (χ3v) is 9.69. The van der Waals surface area contributed by atoms with E-state index in [0.29, 0.717) is 12.3 Å². The average Bonchev–Trinajstić information content (AvgIpc) is 2.99. The Morgan fingerprint density at radius 2 is 1.56 bits per heavy atom. The van der Waals surface area contributed by atoms with Crippen molar-refractivity contribution < 1.29 is 44.4 Å². The molecule has 1 aliphatic carbocycles. The zero-order valence-electron chi connectivity index (χ0n) is 21.2. The third-order valence-electron chi connectivity index (χ3n) is 9.69. The monoisotopic (exact) mass is 487 g/mol. The van der Waals surface area contributed by atoms with Crippen LogP contribution in [0.15, 0.2) is 0 Å². The summed E-state index contributed by atoms with van der Waals surface area (Å²) in [6.45, 7) is 9.12. The Bertz CT molecular complexity index is 826. The first-order valence-corrected chi connectivity index (χ1v) is 12.5. The molecule has 6 fully saturated rings. The van der Waals surface area contributed by atoms with Crippen molar-refractivity contribution in [3.63, 3.8) is 0 Å². The molecule has 0 amide bonds. The number of nitrogens with zero attached hydrogens (tertiary/aromatic N) is 1. The van der Waals surface area contributed by atoms with Crippen LogP contribution in [-0.4, -0.2) is 92.5 Å². The number of rotatable bonds is 2. The Morgan fingerprint density at radius 1 is 0.882 bits per heavy atom. The first-order chi connectivity index (χ1) is 15.6. The summed E-state index contributed by atoms with van der Waals surface area (Å²) in [6, 6.07) is 0. The molecule has 1 saturated carbocycles. The molecule has 2 unspecified atom stereocenters. The molecule has 5 aliphatic heterocycles. The van der Waals surface area contributed by atoms with Gasteiger partial charge in [-0.2, -0.15) is 0 Å². The predicted molar refractivity (Wildman–Crippen MR) is 118 cm³/mol. The predicted octanol–water partition coefficient (Wildman–Crippen LogP) is 0.706. The van der Waals surface area contributed by atoms with Crippen molar-refractivity contribution in [3.05, 3.63) is 0 Å². The molecule has 0 aromatic carbocycles. The van der Waals surface area contributed by atoms with E-state index in [1.165, 1.54) is 4.90 Å². The summed E-state index contributed by atoms with van der Waals surface area (Å²) in [7, 11) is 3.15. The first-order valence-electron chi connectivity index (χ1n) is 12.5. The van der Waals surface area contributed by atoms with Crippen LogP contribution in [-0.2, 0) is 24.0 Å². The van der Waals surface area contributed by atoms with E-state index >= 15 is 0 Å². The van der Waals surface area contributed by atoms with Gasteiger partial charge in [0, 0.05) is 12.3 Å². The van der Waals surface area contributed by atoms with Crippen molar-refractivity contribution in [1.82, 2.24) is 4.90 Å². The number of hydrogen-bond acceptors (Lipinski definition) is 10. The summed E-state index contributed by atoms with van der Waals surface area (Å²) in [4.78, 5) is 13.4. The lowest BCUT2D eigenvalue weighted by molar-refractivity contribution is -0.579. The molecular formula is C24H41NO9. The molecule has 6 rings (SSSR count). The Balaban J connectivity index is 1.56. The van der Waals surface area contributed by atoms with E-state index in [1.807, 2.05) is 13.8 Å². The normalized spacial score (nSPS) is 58.9. The van der Waals surface area contributed by atoms with Gasteiger partial charge in [-0.3, -0.25) is 4.90 Å². The minimum Gasteiger partial charge on any atom is -0.386 e. The van der Waals surface area contributed by atoms with Gasteiger partial charge < -0.3 is 34.6 Å². The fraction of sp³-hybridized carbons (Fsp3) is 1.00. The molecule has 0 aromatic heterocycles. The largest absolute Gasteiger partial charge is 0.386 e. The van der Waals surface area contributed by atoms with Crippen LogP contribution in [0, 0.1) is 23.7 Å². The van der Waals surface area contributed by atoms with Gasteiger partial charge in [-0.15, -0.1) is 0 Å². The minimum absolute atomic E-state index is 0.102. The topological polar surface area (TPSA) is 130 Å². The molecule has 0 aromatic rings. The summed E-state index contributed by atoms with van der Waals surface area (Å²) < 4.78 is 18.9. The fourth-order valence-corrected chi connectivity index (χ4v) is 7.75. The zero-order valence-corrected chi connectivity index (χ0v) is 21.2. The molecule has 6 aliphatic rings. The summed E-state index contributed by atoms with van der Waals surface area (Å²) in [5.41, 5.74) is -4.25. The van der Waals surface area contributed by atoms with Crippen molar-refractivity contribution in [2.75, 3.05) is 14.1 Å². The number of likely N-dealkylation sites (N-methyl/N-ethyl adjacent to an activating group) is 1. The lowest BCUT2D eigenvalue weighted by atomic mass is 9.56. The highest BCUT2D eigenvalue weighted by Gasteiger charge is 2.74. The molecule has 34 heavy (non-hydrogen) atoms. The van der Waals surface area contributed by atoms with E-state index in [-0.39, 0.29) is 17.8 Å². The van der Waals surface area contributed by atoms with Crippen LogP contribution >= 0.6 is 0 Å². The molecule has 10 nitrogen and oxygen atoms in total. The van der Waals surface area contributed by atoms with Gasteiger partial charge in [-0.1, -0.05) is 13.8 Å². The second-order valence-corrected chi connectivity index (χ2v) is 12.2. The average molecular weight is 488 g/mol. The third kappa shape index (κ3) is 2.98. The second kappa shape index (κ2) is 7.56. The van der Waals surface area contributed by atoms with E-state index < -0.39 is 53.1 Å². The minimum atomic E-state index is -2.30. The highest BCUT2D eigenvalue weighted by atomic mass is 17.3. The number of aliphatic hydroxyl groups is 4. The Labute approximate surface area is 201 Å². The van der Waals surface area contributed by atoms with Crippen molar-refractivity contribution in [2.45, 2.75) is 113 Å². The highest BCUT2D eigenvalue weighted by Crippen LogP contribution is 2.62. The van der Waals surface area contributed by atoms with Gasteiger partial charge in [-0.25, -0.2) is 9.78 Å². The molecule has 5 heterocycles. The fourth-order valence-electron chi connectivity index (χ4n) is 7.75. The maximum absolute atomic E-state index is 11.9. The van der Waals surface area contributed by atoms with Crippen LogP contribution in [0.5, 0.6) is 0 Å². The Hall–Kier alpha value is -0.400. The van der Waals surface area contributed by atoms with Crippen LogP contribution in [0.25, 0.3) is 0 Å². The summed E-state index contributed by atoms with van der Waals surface area (Å²) in [6.07, 6.45) is -2.16. The molecule has 1 spiro atoms. The molecular weight excluding hydrogens is 446 g/mol. The lowest BCUT2D eigenvalue weighted by Gasteiger charge is -2.64. The quantitative estimate of drug-likeness (QED) is 0.326. The van der Waals surface area contributed by atoms with E-state index in [9.17, 15) is 20.4 Å². The van der Waals surface area contributed by atoms with Crippen LogP contribution in [0.1, 0.15) is 60.3 Å². The number of fused-ring (bicyclic) bond motifs is 2. The summed E-state index contributed by atoms with van der Waals surface area (Å²) in [5, 5.41) is 45.5. The molecule has 2 bridgehead atoms. The van der Waals surface area contributed by atoms with Gasteiger partial charge >= 0.3 is 0 Å². The van der Waals surface area contributed by atoms with E-state index in [1.54, 1.807) is 27.9 Å². The van der Waals surface area contributed by atoms with Crippen LogP contribution in [0.2, 0.25) is 0 Å². The summed E-state index contributed by atoms with van der Waals surface area (Å²) in [5.74, 6) is -3.20. The van der Waals surface area contributed by atoms with Crippen molar-refractivity contribution >= 4 is 0 Å². The van der Waals surface area contributed by atoms with Crippen LogP contribution in [0.4, 0.5) is 0 Å². The SMILES string of the molecule is C[C@@H]1CC[C@H]2[C@@H](C)C([C@]3(O)OC(C)(C)[C@](O)(N(C)C)[C@@H](O)[C@H]3O)O[C@@H]3O[C@]4(C)CC[C@@H]1C32OO4. The number of ether oxygens (including phenoxy) is 3.